The third-order valence-corrected chi connectivity index (χ3v) is 2.34. The largest absolute Gasteiger partial charge is 0.508 e. The van der Waals surface area contributed by atoms with Crippen molar-refractivity contribution in [1.29, 1.82) is 0 Å². The van der Waals surface area contributed by atoms with E-state index >= 15 is 0 Å². The molecule has 7 heteroatoms. The van der Waals surface area contributed by atoms with Gasteiger partial charge in [-0.3, -0.25) is 10.1 Å². The molecule has 0 radical (unpaired) electrons. The van der Waals surface area contributed by atoms with Gasteiger partial charge in [0.25, 0.3) is 12.1 Å². The zero-order chi connectivity index (χ0) is 13.2. The van der Waals surface area contributed by atoms with Crippen molar-refractivity contribution in [2.75, 3.05) is 0 Å². The Bertz CT molecular complexity index is 436. The zero-order valence-electron chi connectivity index (χ0n) is 9.06. The van der Waals surface area contributed by atoms with Gasteiger partial charge in [-0.2, -0.15) is 0 Å². The van der Waals surface area contributed by atoms with Gasteiger partial charge in [0.05, 0.1) is 10.5 Å². The van der Waals surface area contributed by atoms with Gasteiger partial charge in [0, 0.05) is 17.7 Å². The summed E-state index contributed by atoms with van der Waals surface area (Å²) < 4.78 is 25.1. The van der Waals surface area contributed by atoms with Crippen LogP contribution in [0.25, 0.3) is 0 Å². The van der Waals surface area contributed by atoms with Gasteiger partial charge in [0.2, 0.25) is 0 Å². The fourth-order valence-corrected chi connectivity index (χ4v) is 1.31. The Kier molecular flexibility index (Phi) is 3.62. The normalized spacial score (nSPS) is 14.6. The summed E-state index contributed by atoms with van der Waals surface area (Å²) in [7, 11) is 0. The lowest BCUT2D eigenvalue weighted by molar-refractivity contribution is -0.384. The number of alkyl halides is 2. The van der Waals surface area contributed by atoms with Gasteiger partial charge in [-0.15, -0.1) is 0 Å². The van der Waals surface area contributed by atoms with E-state index in [-0.39, 0.29) is 23.4 Å². The molecule has 0 bridgehead atoms. The van der Waals surface area contributed by atoms with Gasteiger partial charge in [0.1, 0.15) is 5.75 Å². The van der Waals surface area contributed by atoms with E-state index in [0.717, 1.165) is 25.1 Å². The average Bonchev–Trinajstić information content (AvgIpc) is 2.20. The van der Waals surface area contributed by atoms with Gasteiger partial charge in [0.15, 0.2) is 0 Å². The maximum absolute atomic E-state index is 12.5. The Morgan fingerprint density at radius 2 is 2.18 bits per heavy atom. The summed E-state index contributed by atoms with van der Waals surface area (Å²) in [5.74, 6) is -0.284. The summed E-state index contributed by atoms with van der Waals surface area (Å²) in [6.07, 6.45) is -3.14. The summed E-state index contributed by atoms with van der Waals surface area (Å²) in [6.45, 7) is 1.12. The number of rotatable bonds is 4. The molecule has 1 aromatic rings. The molecule has 3 N–H and O–H groups in total. The standard InChI is InChI=1S/C10H12F2N2O3/c1-10(13,9(11)12)5-6-4-7(14(16)17)2-3-8(6)15/h2-4,9,15H,5,13H2,1H3. The van der Waals surface area contributed by atoms with Crippen LogP contribution >= 0.6 is 0 Å². The third kappa shape index (κ3) is 3.10. The maximum Gasteiger partial charge on any atom is 0.269 e. The Hall–Kier alpha value is -1.76. The smallest absolute Gasteiger partial charge is 0.269 e. The molecule has 0 saturated carbocycles. The number of nitro groups is 1. The fourth-order valence-electron chi connectivity index (χ4n) is 1.31. The molecule has 0 aliphatic heterocycles. The maximum atomic E-state index is 12.5. The SMILES string of the molecule is CC(N)(Cc1cc([N+](=O)[O-])ccc1O)C(F)F. The van der Waals surface area contributed by atoms with Crippen molar-refractivity contribution in [2.24, 2.45) is 5.73 Å². The number of phenolic OH excluding ortho intramolecular Hbond substituents is 1. The molecule has 1 aromatic carbocycles. The topological polar surface area (TPSA) is 89.4 Å². The first kappa shape index (κ1) is 13.3. The zero-order valence-corrected chi connectivity index (χ0v) is 9.06. The van der Waals surface area contributed by atoms with Crippen LogP contribution in [0.15, 0.2) is 18.2 Å². The number of halogens is 2. The molecule has 0 aromatic heterocycles. The molecule has 0 aliphatic carbocycles. The van der Waals surface area contributed by atoms with E-state index in [9.17, 15) is 24.0 Å². The lowest BCUT2D eigenvalue weighted by Crippen LogP contribution is -2.45. The highest BCUT2D eigenvalue weighted by molar-refractivity contribution is 5.43. The quantitative estimate of drug-likeness (QED) is 0.626. The molecule has 0 saturated heterocycles. The molecule has 94 valence electrons. The minimum atomic E-state index is -2.79. The number of non-ortho nitro benzene ring substituents is 1. The molecule has 1 unspecified atom stereocenters. The highest BCUT2D eigenvalue weighted by atomic mass is 19.3. The van der Waals surface area contributed by atoms with Crippen LogP contribution < -0.4 is 5.73 Å². The lowest BCUT2D eigenvalue weighted by Gasteiger charge is -2.23. The van der Waals surface area contributed by atoms with Gasteiger partial charge in [-0.25, -0.2) is 8.78 Å². The van der Waals surface area contributed by atoms with Crippen molar-refractivity contribution in [3.63, 3.8) is 0 Å². The van der Waals surface area contributed by atoms with E-state index in [2.05, 4.69) is 0 Å². The fraction of sp³-hybridized carbons (Fsp3) is 0.400. The molecular weight excluding hydrogens is 234 g/mol. The summed E-state index contributed by atoms with van der Waals surface area (Å²) in [6, 6.07) is 3.23. The van der Waals surface area contributed by atoms with Crippen LogP contribution in [0, 0.1) is 10.1 Å². The van der Waals surface area contributed by atoms with E-state index in [1.54, 1.807) is 0 Å². The van der Waals surface area contributed by atoms with Gasteiger partial charge in [-0.05, 0) is 19.4 Å². The number of phenols is 1. The Balaban J connectivity index is 3.06. The molecule has 17 heavy (non-hydrogen) atoms. The van der Waals surface area contributed by atoms with E-state index in [4.69, 9.17) is 5.73 Å². The van der Waals surface area contributed by atoms with Crippen molar-refractivity contribution < 1.29 is 18.8 Å². The number of hydrogen-bond donors (Lipinski definition) is 2. The van der Waals surface area contributed by atoms with E-state index in [1.807, 2.05) is 0 Å². The number of aromatic hydroxyl groups is 1. The highest BCUT2D eigenvalue weighted by Gasteiger charge is 2.31. The second-order valence-corrected chi connectivity index (χ2v) is 4.05. The predicted octanol–water partition coefficient (Wildman–Crippen LogP) is 1.83. The second kappa shape index (κ2) is 4.62. The Morgan fingerprint density at radius 1 is 1.59 bits per heavy atom. The van der Waals surface area contributed by atoms with Crippen LogP contribution in [0.1, 0.15) is 12.5 Å². The first-order valence-electron chi connectivity index (χ1n) is 4.77. The number of benzene rings is 1. The molecule has 0 aliphatic rings. The van der Waals surface area contributed by atoms with Crippen molar-refractivity contribution >= 4 is 5.69 Å². The van der Waals surface area contributed by atoms with Crippen molar-refractivity contribution in [3.8, 4) is 5.75 Å². The molecular formula is C10H12F2N2O3. The lowest BCUT2D eigenvalue weighted by atomic mass is 9.93. The molecule has 1 rings (SSSR count). The molecule has 0 fully saturated rings. The van der Waals surface area contributed by atoms with Gasteiger partial charge in [-0.1, -0.05) is 0 Å². The number of nitrogens with two attached hydrogens (primary N) is 1. The van der Waals surface area contributed by atoms with Gasteiger partial charge >= 0.3 is 0 Å². The third-order valence-electron chi connectivity index (χ3n) is 2.34. The van der Waals surface area contributed by atoms with Crippen molar-refractivity contribution in [1.82, 2.24) is 0 Å². The second-order valence-electron chi connectivity index (χ2n) is 4.05. The summed E-state index contributed by atoms with van der Waals surface area (Å²) in [5.41, 5.74) is 3.27. The van der Waals surface area contributed by atoms with Gasteiger partial charge < -0.3 is 10.8 Å². The monoisotopic (exact) mass is 246 g/mol. The van der Waals surface area contributed by atoms with E-state index in [1.165, 1.54) is 0 Å². The minimum Gasteiger partial charge on any atom is -0.508 e. The van der Waals surface area contributed by atoms with Crippen LogP contribution in [-0.2, 0) is 6.42 Å². The number of nitro benzene ring substituents is 1. The highest BCUT2D eigenvalue weighted by Crippen LogP contribution is 2.27. The molecule has 1 atom stereocenters. The number of hydrogen-bond acceptors (Lipinski definition) is 4. The van der Waals surface area contributed by atoms with Crippen LogP contribution in [0.2, 0.25) is 0 Å². The van der Waals surface area contributed by atoms with Crippen LogP contribution in [-0.4, -0.2) is 22.0 Å². The number of nitrogens with zero attached hydrogens (tertiary/aromatic N) is 1. The van der Waals surface area contributed by atoms with Crippen LogP contribution in [0.5, 0.6) is 5.75 Å². The molecule has 0 heterocycles. The van der Waals surface area contributed by atoms with E-state index in [0.29, 0.717) is 0 Å². The Labute approximate surface area is 96.0 Å². The minimum absolute atomic E-state index is 0.0319. The van der Waals surface area contributed by atoms with Crippen molar-refractivity contribution in [3.05, 3.63) is 33.9 Å². The van der Waals surface area contributed by atoms with Crippen LogP contribution in [0.4, 0.5) is 14.5 Å². The van der Waals surface area contributed by atoms with Crippen molar-refractivity contribution in [2.45, 2.75) is 25.3 Å². The van der Waals surface area contributed by atoms with E-state index < -0.39 is 16.9 Å². The van der Waals surface area contributed by atoms with Crippen LogP contribution in [0.3, 0.4) is 0 Å². The summed E-state index contributed by atoms with van der Waals surface area (Å²) in [4.78, 5) is 9.84. The summed E-state index contributed by atoms with van der Waals surface area (Å²) in [5, 5.41) is 19.9. The predicted molar refractivity (Wildman–Crippen MR) is 57.1 cm³/mol. The molecule has 0 spiro atoms. The first-order valence-corrected chi connectivity index (χ1v) is 4.77. The average molecular weight is 246 g/mol. The first-order chi connectivity index (χ1) is 7.74. The Morgan fingerprint density at radius 3 is 2.65 bits per heavy atom. The molecule has 0 amide bonds. The molecule has 5 nitrogen and oxygen atoms in total. The summed E-state index contributed by atoms with van der Waals surface area (Å²) >= 11 is 0.